The molecule has 0 aliphatic heterocycles. The zero-order valence-electron chi connectivity index (χ0n) is 35.0. The van der Waals surface area contributed by atoms with Gasteiger partial charge in [0.1, 0.15) is 24.4 Å². The standard InChI is InChI=1S/C32H12BF24.C9H8F5OS/c34-25(35,36)13-1-14(26(37,38)39)6-21(5-13)33(22-7-15(27(40,41)42)2-16(8-22)28(43,44)45,23-9-17(29(46,47)48)3-18(10-23)30(49,50)51)24-11-19(31(52,53)54)4-20(12-24)32(55,56)57;1-16(2,15)3-4-5(10)7(12)9(14)8(13)6(4)11/h1-12H;3H2,1-2H3/q-1;+1. The van der Waals surface area contributed by atoms with Gasteiger partial charge < -0.3 is 0 Å². The fourth-order valence-corrected chi connectivity index (χ4v) is 8.14. The zero-order chi connectivity index (χ0) is 56.6. The Kier molecular flexibility index (Phi) is 15.7. The van der Waals surface area contributed by atoms with Crippen molar-refractivity contribution >= 4 is 37.9 Å². The van der Waals surface area contributed by atoms with Crippen LogP contribution in [0.1, 0.15) is 50.1 Å². The van der Waals surface area contributed by atoms with Gasteiger partial charge in [-0.05, 0) is 24.3 Å². The maximum Gasteiger partial charge on any atom is 0.416 e. The fraction of sp³-hybridized carbons (Fsp3) is 0.268. The Balaban J connectivity index is 0.000000613. The minimum Gasteiger partial charge on any atom is -0.203 e. The molecule has 0 saturated heterocycles. The smallest absolute Gasteiger partial charge is 0.203 e. The van der Waals surface area contributed by atoms with Gasteiger partial charge in [-0.1, -0.05) is 48.5 Å². The SMILES string of the molecule is C[S+](C)(=O)Cc1c(F)c(F)c(F)c(F)c1F.FC(F)(F)c1cc([B-](c2cc(C(F)(F)F)cc(C(F)(F)F)c2)(c2cc(C(F)(F)F)cc(C(F)(F)F)c2)c2cc(C(F)(F)F)cc(C(F)(F)F)c2)cc(C(F)(F)F)c1. The summed E-state index contributed by atoms with van der Waals surface area (Å²) in [6, 6.07) is -8.81. The van der Waals surface area contributed by atoms with Crippen molar-refractivity contribution in [2.75, 3.05) is 12.5 Å². The highest BCUT2D eigenvalue weighted by molar-refractivity contribution is 8.00. The molecule has 0 heterocycles. The molecule has 32 heteroatoms. The van der Waals surface area contributed by atoms with Gasteiger partial charge in [0.2, 0.25) is 5.82 Å². The lowest BCUT2D eigenvalue weighted by Crippen LogP contribution is -2.75. The van der Waals surface area contributed by atoms with Crippen LogP contribution in [0.25, 0.3) is 0 Å². The first-order valence-electron chi connectivity index (χ1n) is 18.7. The van der Waals surface area contributed by atoms with Gasteiger partial charge in [0.05, 0.1) is 60.0 Å². The lowest BCUT2D eigenvalue weighted by molar-refractivity contribution is -0.144. The van der Waals surface area contributed by atoms with Crippen molar-refractivity contribution in [1.82, 2.24) is 0 Å². The van der Waals surface area contributed by atoms with Crippen molar-refractivity contribution in [3.8, 4) is 0 Å². The van der Waals surface area contributed by atoms with Crippen molar-refractivity contribution in [3.05, 3.63) is 152 Å². The Hall–Kier alpha value is -5.72. The molecule has 73 heavy (non-hydrogen) atoms. The molecule has 0 aliphatic carbocycles. The fourth-order valence-electron chi connectivity index (χ4n) is 7.20. The van der Waals surface area contributed by atoms with Crippen LogP contribution in [0, 0.1) is 29.1 Å². The number of halogens is 29. The third-order valence-corrected chi connectivity index (χ3v) is 11.2. The average molecular weight is 1120 g/mol. The first-order valence-corrected chi connectivity index (χ1v) is 21.2. The van der Waals surface area contributed by atoms with Crippen LogP contribution in [0.2, 0.25) is 0 Å². The molecule has 0 bridgehead atoms. The molecule has 0 unspecified atom stereocenters. The van der Waals surface area contributed by atoms with Gasteiger partial charge in [0, 0.05) is 0 Å². The molecule has 5 aromatic carbocycles. The summed E-state index contributed by atoms with van der Waals surface area (Å²) in [6.45, 7) is 0. The summed E-state index contributed by atoms with van der Waals surface area (Å²) in [5.41, 5.74) is -31.2. The molecule has 0 aliphatic rings. The van der Waals surface area contributed by atoms with Crippen LogP contribution < -0.4 is 21.9 Å². The van der Waals surface area contributed by atoms with E-state index in [1.165, 1.54) is 12.5 Å². The molecule has 0 radical (unpaired) electrons. The number of hydrogen-bond acceptors (Lipinski definition) is 1. The van der Waals surface area contributed by atoms with Crippen LogP contribution in [-0.4, -0.2) is 18.7 Å². The monoisotopic (exact) mass is 1120 g/mol. The zero-order valence-corrected chi connectivity index (χ0v) is 35.8. The minimum absolute atomic E-state index is 0.691. The molecule has 5 aromatic rings. The predicted octanol–water partition coefficient (Wildman–Crippen LogP) is 13.9. The van der Waals surface area contributed by atoms with Gasteiger partial charge in [-0.3, -0.25) is 0 Å². The second-order valence-electron chi connectivity index (χ2n) is 15.9. The Morgan fingerprint density at radius 2 is 0.452 bits per heavy atom. The first-order chi connectivity index (χ1) is 32.4. The number of benzene rings is 5. The van der Waals surface area contributed by atoms with Gasteiger partial charge in [0.25, 0.3) is 0 Å². The van der Waals surface area contributed by atoms with Gasteiger partial charge in [-0.25, -0.2) is 22.0 Å². The van der Waals surface area contributed by atoms with Gasteiger partial charge >= 0.3 is 49.4 Å². The molecule has 0 fully saturated rings. The molecule has 0 saturated carbocycles. The molecule has 0 N–H and O–H groups in total. The van der Waals surface area contributed by atoms with Gasteiger partial charge in [-0.15, -0.1) is 4.21 Å². The lowest BCUT2D eigenvalue weighted by atomic mass is 9.12. The molecule has 0 atom stereocenters. The van der Waals surface area contributed by atoms with E-state index in [2.05, 4.69) is 0 Å². The second kappa shape index (κ2) is 19.2. The van der Waals surface area contributed by atoms with Crippen LogP contribution in [0.5, 0.6) is 0 Å². The van der Waals surface area contributed by atoms with E-state index in [1.54, 1.807) is 0 Å². The van der Waals surface area contributed by atoms with Crippen molar-refractivity contribution in [2.24, 2.45) is 0 Å². The maximum absolute atomic E-state index is 14.2. The topological polar surface area (TPSA) is 17.1 Å². The number of hydrogen-bond donors (Lipinski definition) is 0. The molecular weight excluding hydrogens is 1100 g/mol. The number of alkyl halides is 24. The molecule has 5 rings (SSSR count). The lowest BCUT2D eigenvalue weighted by Gasteiger charge is -2.46. The van der Waals surface area contributed by atoms with Crippen LogP contribution in [0.4, 0.5) is 127 Å². The molecule has 0 aromatic heterocycles. The Bertz CT molecular complexity index is 2460. The minimum atomic E-state index is -6.13. The third kappa shape index (κ3) is 13.3. The predicted molar refractivity (Wildman–Crippen MR) is 200 cm³/mol. The molecule has 0 amide bonds. The van der Waals surface area contributed by atoms with Gasteiger partial charge in [0.15, 0.2) is 23.3 Å². The van der Waals surface area contributed by atoms with E-state index in [9.17, 15) is 132 Å². The maximum atomic E-state index is 14.2. The van der Waals surface area contributed by atoms with Crippen LogP contribution in [0.15, 0.2) is 72.8 Å². The van der Waals surface area contributed by atoms with Crippen LogP contribution >= 0.6 is 0 Å². The number of rotatable bonds is 6. The van der Waals surface area contributed by atoms with Crippen molar-refractivity contribution < 1.29 is 132 Å². The summed E-state index contributed by atoms with van der Waals surface area (Å²) in [7, 11) is -2.65. The first kappa shape index (κ1) is 59.8. The van der Waals surface area contributed by atoms with Gasteiger partial charge in [-0.2, -0.15) is 127 Å². The van der Waals surface area contributed by atoms with E-state index in [0.29, 0.717) is 0 Å². The Labute approximate surface area is 388 Å². The van der Waals surface area contributed by atoms with E-state index in [0.717, 1.165) is 0 Å². The summed E-state index contributed by atoms with van der Waals surface area (Å²) >= 11 is 0. The van der Waals surface area contributed by atoms with E-state index in [1.807, 2.05) is 0 Å². The van der Waals surface area contributed by atoms with E-state index in [4.69, 9.17) is 0 Å². The van der Waals surface area contributed by atoms with E-state index < -0.39 is 245 Å². The molecular formula is C41H20BF29OS. The van der Waals surface area contributed by atoms with E-state index in [-0.39, 0.29) is 0 Å². The van der Waals surface area contributed by atoms with Crippen LogP contribution in [-0.2, 0) is 69.3 Å². The largest absolute Gasteiger partial charge is 0.416 e. The van der Waals surface area contributed by atoms with Crippen molar-refractivity contribution in [1.29, 1.82) is 0 Å². The van der Waals surface area contributed by atoms with Crippen molar-refractivity contribution in [2.45, 2.75) is 55.2 Å². The summed E-state index contributed by atoms with van der Waals surface area (Å²) < 4.78 is 416. The highest BCUT2D eigenvalue weighted by Crippen LogP contribution is 2.41. The summed E-state index contributed by atoms with van der Waals surface area (Å²) in [5, 5.41) is 0. The third-order valence-electron chi connectivity index (χ3n) is 10.2. The molecule has 402 valence electrons. The average Bonchev–Trinajstić information content (AvgIpc) is 3.21. The highest BCUT2D eigenvalue weighted by atomic mass is 32.2. The normalized spacial score (nSPS) is 13.8. The Morgan fingerprint density at radius 3 is 0.589 bits per heavy atom. The second-order valence-corrected chi connectivity index (χ2v) is 19.0. The quantitative estimate of drug-likeness (QED) is 0.0544. The van der Waals surface area contributed by atoms with Crippen molar-refractivity contribution in [3.63, 3.8) is 0 Å². The highest BCUT2D eigenvalue weighted by Gasteiger charge is 2.47. The summed E-state index contributed by atoms with van der Waals surface area (Å²) in [5.74, 6) is -10.8. The summed E-state index contributed by atoms with van der Waals surface area (Å²) in [4.78, 5) is 0. The van der Waals surface area contributed by atoms with E-state index >= 15 is 0 Å². The summed E-state index contributed by atoms with van der Waals surface area (Å²) in [6.07, 6.45) is -52.5. The molecule has 0 spiro atoms. The Morgan fingerprint density at radius 1 is 0.301 bits per heavy atom. The van der Waals surface area contributed by atoms with Crippen LogP contribution in [0.3, 0.4) is 0 Å². The molecule has 1 nitrogen and oxygen atoms in total.